The lowest BCUT2D eigenvalue weighted by Gasteiger charge is -2.56. The first-order valence-electron chi connectivity index (χ1n) is 16.5. The molecule has 1 aromatic carbocycles. The summed E-state index contributed by atoms with van der Waals surface area (Å²) >= 11 is 0. The Hall–Kier alpha value is -3.69. The summed E-state index contributed by atoms with van der Waals surface area (Å²) in [6.45, 7) is 15.6. The zero-order valence-corrected chi connectivity index (χ0v) is 28.6. The quantitative estimate of drug-likeness (QED) is 0.184. The van der Waals surface area contributed by atoms with Gasteiger partial charge in [0.15, 0.2) is 22.8 Å². The summed E-state index contributed by atoms with van der Waals surface area (Å²) in [7, 11) is 0. The van der Waals surface area contributed by atoms with Gasteiger partial charge in [0.1, 0.15) is 34.2 Å². The maximum Gasteiger partial charge on any atom is 0.298 e. The molecule has 9 heteroatoms. The first kappa shape index (κ1) is 33.2. The van der Waals surface area contributed by atoms with E-state index in [1.54, 1.807) is 19.1 Å². The normalized spacial score (nSPS) is 32.7. The summed E-state index contributed by atoms with van der Waals surface area (Å²) in [6, 6.07) is 0. The number of phenols is 1. The molecule has 1 saturated heterocycles. The van der Waals surface area contributed by atoms with Gasteiger partial charge in [-0.1, -0.05) is 29.4 Å². The number of ketones is 2. The van der Waals surface area contributed by atoms with Crippen LogP contribution in [-0.4, -0.2) is 56.8 Å². The molecule has 252 valence electrons. The van der Waals surface area contributed by atoms with Crippen molar-refractivity contribution >= 4 is 18.0 Å². The van der Waals surface area contributed by atoms with Crippen molar-refractivity contribution < 1.29 is 43.5 Å². The van der Waals surface area contributed by atoms with Crippen molar-refractivity contribution in [2.45, 2.75) is 122 Å². The standard InChI is InChI=1S/C38H46O9/c1-20(2)10-9-14-36(8)28(40)18-25-30(41)29-31(42)26-16-23-17-27-35(6,7)47-37(34(23)43,15-13-22(5)44-19-39)38(26,27)46-33(29)24(32(25)45-36)12-11-21(3)4/h10-11,13,16,19,23,27-28,40-41H,9,12,14-15,17-18H2,1-8H3/t23-,27?,28-,36-,37?,38-/m1/s1. The highest BCUT2D eigenvalue weighted by molar-refractivity contribution is 6.18. The van der Waals surface area contributed by atoms with E-state index in [1.807, 2.05) is 54.5 Å². The van der Waals surface area contributed by atoms with Crippen molar-refractivity contribution in [2.24, 2.45) is 11.8 Å². The maximum absolute atomic E-state index is 14.8. The number of fused-ring (bicyclic) bond motifs is 2. The van der Waals surface area contributed by atoms with E-state index in [9.17, 15) is 24.6 Å². The average Bonchev–Trinajstić information content (AvgIpc) is 3.14. The molecule has 0 amide bonds. The number of carbonyl (C=O) groups is 3. The molecule has 6 aliphatic rings. The molecule has 6 atom stereocenters. The summed E-state index contributed by atoms with van der Waals surface area (Å²) in [5.74, 6) is -0.958. The third kappa shape index (κ3) is 4.75. The molecule has 9 nitrogen and oxygen atoms in total. The number of aromatic hydroxyl groups is 1. The third-order valence-electron chi connectivity index (χ3n) is 10.9. The Morgan fingerprint density at radius 2 is 1.72 bits per heavy atom. The van der Waals surface area contributed by atoms with Crippen LogP contribution in [0.15, 0.2) is 46.8 Å². The number of carbonyl (C=O) groups excluding carboxylic acids is 3. The Balaban J connectivity index is 1.58. The average molecular weight is 647 g/mol. The molecular formula is C38H46O9. The lowest BCUT2D eigenvalue weighted by Crippen LogP contribution is -2.72. The second-order valence-electron chi connectivity index (χ2n) is 15.1. The molecule has 1 saturated carbocycles. The molecule has 1 aromatic rings. The van der Waals surface area contributed by atoms with Crippen LogP contribution in [0.25, 0.3) is 0 Å². The van der Waals surface area contributed by atoms with E-state index in [1.165, 1.54) is 5.57 Å². The van der Waals surface area contributed by atoms with Gasteiger partial charge in [0.05, 0.1) is 11.7 Å². The topological polar surface area (TPSA) is 129 Å². The number of hydrogen-bond donors (Lipinski definition) is 2. The van der Waals surface area contributed by atoms with Crippen LogP contribution in [0.1, 0.15) is 103 Å². The Bertz CT molecular complexity index is 1680. The number of aliphatic hydroxyl groups excluding tert-OH is 1. The molecular weight excluding hydrogens is 600 g/mol. The number of allylic oxidation sites excluding steroid dienone is 6. The summed E-state index contributed by atoms with van der Waals surface area (Å²) in [4.78, 5) is 40.2. The monoisotopic (exact) mass is 646 g/mol. The molecule has 3 aliphatic carbocycles. The highest BCUT2D eigenvalue weighted by atomic mass is 16.6. The van der Waals surface area contributed by atoms with Gasteiger partial charge >= 0.3 is 0 Å². The molecule has 3 heterocycles. The van der Waals surface area contributed by atoms with Gasteiger partial charge in [-0.2, -0.15) is 0 Å². The van der Waals surface area contributed by atoms with Crippen LogP contribution in [-0.2, 0) is 31.9 Å². The van der Waals surface area contributed by atoms with Gasteiger partial charge in [0.2, 0.25) is 0 Å². The van der Waals surface area contributed by atoms with E-state index in [0.717, 1.165) is 5.57 Å². The van der Waals surface area contributed by atoms with Crippen LogP contribution >= 0.6 is 0 Å². The van der Waals surface area contributed by atoms with Crippen molar-refractivity contribution in [2.75, 3.05) is 0 Å². The van der Waals surface area contributed by atoms with Crippen molar-refractivity contribution in [3.05, 3.63) is 63.5 Å². The second-order valence-corrected chi connectivity index (χ2v) is 15.1. The van der Waals surface area contributed by atoms with Crippen LogP contribution in [0.3, 0.4) is 0 Å². The first-order chi connectivity index (χ1) is 22.0. The van der Waals surface area contributed by atoms with Crippen molar-refractivity contribution in [1.82, 2.24) is 0 Å². The van der Waals surface area contributed by atoms with Crippen molar-refractivity contribution in [3.8, 4) is 17.2 Å². The number of hydrogen-bond acceptors (Lipinski definition) is 9. The van der Waals surface area contributed by atoms with E-state index in [4.69, 9.17) is 18.9 Å². The Morgan fingerprint density at radius 3 is 2.38 bits per heavy atom. The van der Waals surface area contributed by atoms with E-state index in [2.05, 4.69) is 6.08 Å². The summed E-state index contributed by atoms with van der Waals surface area (Å²) in [5.41, 5.74) is -1.42. The Morgan fingerprint density at radius 1 is 1.02 bits per heavy atom. The van der Waals surface area contributed by atoms with E-state index < -0.39 is 40.2 Å². The molecule has 0 aromatic heterocycles. The van der Waals surface area contributed by atoms with Gasteiger partial charge in [0.25, 0.3) is 6.47 Å². The summed E-state index contributed by atoms with van der Waals surface area (Å²) < 4.78 is 25.7. The zero-order chi connectivity index (χ0) is 34.3. The van der Waals surface area contributed by atoms with Gasteiger partial charge in [-0.05, 0) is 87.1 Å². The number of ether oxygens (including phenoxy) is 4. The number of phenolic OH excluding ortho intramolecular Hbond substituents is 1. The fourth-order valence-corrected chi connectivity index (χ4v) is 8.54. The maximum atomic E-state index is 14.8. The largest absolute Gasteiger partial charge is 0.507 e. The predicted octanol–water partition coefficient (Wildman–Crippen LogP) is 6.18. The van der Waals surface area contributed by atoms with Gasteiger partial charge in [-0.15, -0.1) is 0 Å². The minimum atomic E-state index is -1.58. The molecule has 4 bridgehead atoms. The second kappa shape index (κ2) is 11.2. The molecule has 0 radical (unpaired) electrons. The number of aliphatic hydroxyl groups is 1. The molecule has 2 fully saturated rings. The van der Waals surface area contributed by atoms with E-state index in [0.29, 0.717) is 60.4 Å². The third-order valence-corrected chi connectivity index (χ3v) is 10.9. The minimum Gasteiger partial charge on any atom is -0.507 e. The highest BCUT2D eigenvalue weighted by Gasteiger charge is 2.81. The fourth-order valence-electron chi connectivity index (χ4n) is 8.54. The lowest BCUT2D eigenvalue weighted by molar-refractivity contribution is -0.171. The van der Waals surface area contributed by atoms with Crippen LogP contribution in [0, 0.1) is 11.8 Å². The number of benzene rings is 1. The van der Waals surface area contributed by atoms with Gasteiger partial charge in [-0.3, -0.25) is 14.4 Å². The van der Waals surface area contributed by atoms with Gasteiger partial charge < -0.3 is 29.2 Å². The van der Waals surface area contributed by atoms with Crippen LogP contribution in [0.2, 0.25) is 0 Å². The summed E-state index contributed by atoms with van der Waals surface area (Å²) in [6.07, 6.45) is 8.65. The lowest BCUT2D eigenvalue weighted by atomic mass is 9.51. The van der Waals surface area contributed by atoms with Crippen LogP contribution in [0.4, 0.5) is 0 Å². The molecule has 7 rings (SSSR count). The Labute approximate surface area is 276 Å². The minimum absolute atomic E-state index is 0.0186. The Kier molecular flexibility index (Phi) is 7.91. The van der Waals surface area contributed by atoms with E-state index >= 15 is 0 Å². The first-order valence-corrected chi connectivity index (χ1v) is 16.5. The highest BCUT2D eigenvalue weighted by Crippen LogP contribution is 2.68. The van der Waals surface area contributed by atoms with Crippen molar-refractivity contribution in [3.63, 3.8) is 0 Å². The fraction of sp³-hybridized carbons (Fsp3) is 0.553. The smallest absolute Gasteiger partial charge is 0.298 e. The molecule has 3 aliphatic heterocycles. The summed E-state index contributed by atoms with van der Waals surface area (Å²) in [5, 5.41) is 23.2. The van der Waals surface area contributed by atoms with Gasteiger partial charge in [-0.25, -0.2) is 0 Å². The molecule has 47 heavy (non-hydrogen) atoms. The molecule has 1 spiro atoms. The van der Waals surface area contributed by atoms with Crippen LogP contribution in [0.5, 0.6) is 17.2 Å². The number of rotatable bonds is 9. The van der Waals surface area contributed by atoms with E-state index in [-0.39, 0.29) is 41.6 Å². The number of Topliss-reactive ketones (excluding diaryl/α,β-unsaturated/α-hetero) is 2. The predicted molar refractivity (Wildman–Crippen MR) is 174 cm³/mol. The molecule has 2 unspecified atom stereocenters. The van der Waals surface area contributed by atoms with Crippen LogP contribution < -0.4 is 9.47 Å². The SMILES string of the molecule is CC(C)=CCC[C@@]1(C)Oc2c(c(O)c3c(c2CC=C(C)C)O[C@]24C(=C[C@@H]5CC2C(C)(C)OC4(CC=C(C)OC=O)C5=O)C3=O)C[C@H]1O. The molecule has 2 N–H and O–H groups in total. The van der Waals surface area contributed by atoms with Crippen molar-refractivity contribution in [1.29, 1.82) is 0 Å². The van der Waals surface area contributed by atoms with Gasteiger partial charge in [0, 0.05) is 41.4 Å². The zero-order valence-electron chi connectivity index (χ0n) is 28.6.